The van der Waals surface area contributed by atoms with Crippen molar-refractivity contribution in [3.05, 3.63) is 17.5 Å². The van der Waals surface area contributed by atoms with Crippen LogP contribution in [0.15, 0.2) is 6.20 Å². The number of carbonyl (C=O) groups excluding carboxylic acids is 1. The van der Waals surface area contributed by atoms with Crippen molar-refractivity contribution in [1.82, 2.24) is 20.4 Å². The summed E-state index contributed by atoms with van der Waals surface area (Å²) >= 11 is 0. The maximum absolute atomic E-state index is 12.4. The second kappa shape index (κ2) is 6.82. The molecule has 5 heteroatoms. The Kier molecular flexibility index (Phi) is 4.81. The molecule has 122 valence electrons. The van der Waals surface area contributed by atoms with E-state index in [0.717, 1.165) is 30.9 Å². The highest BCUT2D eigenvalue weighted by atomic mass is 16.1. The Balaban J connectivity index is 1.56. The van der Waals surface area contributed by atoms with Crippen molar-refractivity contribution in [2.24, 2.45) is 5.92 Å². The summed E-state index contributed by atoms with van der Waals surface area (Å²) in [6.07, 6.45) is 7.77. The minimum Gasteiger partial charge on any atom is -0.350 e. The zero-order valence-corrected chi connectivity index (χ0v) is 13.8. The van der Waals surface area contributed by atoms with Crippen molar-refractivity contribution < 1.29 is 4.79 Å². The lowest BCUT2D eigenvalue weighted by Gasteiger charge is -2.36. The first-order chi connectivity index (χ1) is 10.6. The zero-order chi connectivity index (χ0) is 15.5. The van der Waals surface area contributed by atoms with E-state index in [-0.39, 0.29) is 5.91 Å². The Bertz CT molecular complexity index is 507. The third kappa shape index (κ3) is 3.69. The molecule has 3 rings (SSSR count). The molecule has 2 heterocycles. The summed E-state index contributed by atoms with van der Waals surface area (Å²) in [6, 6.07) is 0.483. The summed E-state index contributed by atoms with van der Waals surface area (Å²) < 4.78 is 0. The van der Waals surface area contributed by atoms with Crippen LogP contribution < -0.4 is 5.32 Å². The van der Waals surface area contributed by atoms with E-state index < -0.39 is 0 Å². The Morgan fingerprint density at radius 1 is 1.41 bits per heavy atom. The first-order valence-electron chi connectivity index (χ1n) is 8.70. The predicted molar refractivity (Wildman–Crippen MR) is 86.9 cm³/mol. The Hall–Kier alpha value is -1.36. The number of amides is 1. The quantitative estimate of drug-likeness (QED) is 0.849. The number of H-pyrrole nitrogens is 1. The fourth-order valence-corrected chi connectivity index (χ4v) is 3.47. The molecule has 0 spiro atoms. The fraction of sp³-hybridized carbons (Fsp3) is 0.765. The molecule has 1 saturated carbocycles. The number of aromatic amines is 1. The van der Waals surface area contributed by atoms with Crippen LogP contribution in [0.2, 0.25) is 0 Å². The minimum atomic E-state index is 0.0331. The summed E-state index contributed by atoms with van der Waals surface area (Å²) in [4.78, 5) is 15.0. The fourth-order valence-electron chi connectivity index (χ4n) is 3.47. The molecule has 22 heavy (non-hydrogen) atoms. The van der Waals surface area contributed by atoms with Gasteiger partial charge >= 0.3 is 0 Å². The second-order valence-electron chi connectivity index (χ2n) is 7.22. The third-order valence-corrected chi connectivity index (χ3v) is 4.75. The van der Waals surface area contributed by atoms with E-state index in [1.807, 2.05) is 0 Å². The lowest BCUT2D eigenvalue weighted by molar-refractivity contribution is 0.0901. The normalized spacial score (nSPS) is 23.0. The van der Waals surface area contributed by atoms with Crippen molar-refractivity contribution in [3.8, 4) is 0 Å². The lowest BCUT2D eigenvalue weighted by Crippen LogP contribution is -2.47. The third-order valence-electron chi connectivity index (χ3n) is 4.75. The predicted octanol–water partition coefficient (Wildman–Crippen LogP) is 2.53. The molecule has 1 aliphatic carbocycles. The first kappa shape index (κ1) is 15.5. The van der Waals surface area contributed by atoms with Gasteiger partial charge in [-0.05, 0) is 38.1 Å². The Morgan fingerprint density at radius 2 is 2.23 bits per heavy atom. The number of nitrogens with one attached hydrogen (secondary N) is 2. The minimum absolute atomic E-state index is 0.0331. The van der Waals surface area contributed by atoms with Gasteiger partial charge in [0.2, 0.25) is 0 Å². The van der Waals surface area contributed by atoms with E-state index >= 15 is 0 Å². The molecule has 0 aromatic carbocycles. The van der Waals surface area contributed by atoms with Crippen LogP contribution in [0.5, 0.6) is 0 Å². The average Bonchev–Trinajstić information content (AvgIpc) is 3.22. The molecular weight excluding hydrogens is 276 g/mol. The second-order valence-corrected chi connectivity index (χ2v) is 7.22. The SMILES string of the molecule is CC(C)CN1CCCC[C@H]1CNC(=O)c1cn[nH]c1C1CC1. The van der Waals surface area contributed by atoms with Crippen LogP contribution in [0, 0.1) is 5.92 Å². The maximum atomic E-state index is 12.4. The average molecular weight is 304 g/mol. The molecule has 1 atom stereocenters. The van der Waals surface area contributed by atoms with Crippen LogP contribution in [0.1, 0.15) is 67.9 Å². The highest BCUT2D eigenvalue weighted by molar-refractivity contribution is 5.95. The van der Waals surface area contributed by atoms with E-state index in [4.69, 9.17) is 0 Å². The van der Waals surface area contributed by atoms with Crippen LogP contribution in [-0.4, -0.2) is 46.7 Å². The number of carbonyl (C=O) groups is 1. The smallest absolute Gasteiger partial charge is 0.254 e. The van der Waals surface area contributed by atoms with Crippen molar-refractivity contribution in [3.63, 3.8) is 0 Å². The molecule has 2 fully saturated rings. The molecule has 1 saturated heterocycles. The first-order valence-corrected chi connectivity index (χ1v) is 8.70. The van der Waals surface area contributed by atoms with E-state index in [0.29, 0.717) is 17.9 Å². The molecule has 2 N–H and O–H groups in total. The highest BCUT2D eigenvalue weighted by Gasteiger charge is 2.30. The van der Waals surface area contributed by atoms with Gasteiger partial charge in [-0.25, -0.2) is 0 Å². The topological polar surface area (TPSA) is 61.0 Å². The Morgan fingerprint density at radius 3 is 2.95 bits per heavy atom. The standard InChI is InChI=1S/C17H28N4O/c1-12(2)11-21-8-4-3-5-14(21)9-18-17(22)15-10-19-20-16(15)13-6-7-13/h10,12-14H,3-9,11H2,1-2H3,(H,18,22)(H,19,20)/t14-/m0/s1. The molecule has 0 bridgehead atoms. The number of likely N-dealkylation sites (tertiary alicyclic amines) is 1. The summed E-state index contributed by atoms with van der Waals surface area (Å²) in [7, 11) is 0. The van der Waals surface area contributed by atoms with E-state index in [9.17, 15) is 4.79 Å². The van der Waals surface area contributed by atoms with Crippen molar-refractivity contribution in [1.29, 1.82) is 0 Å². The lowest BCUT2D eigenvalue weighted by atomic mass is 10.0. The van der Waals surface area contributed by atoms with Gasteiger partial charge in [-0.3, -0.25) is 14.8 Å². The van der Waals surface area contributed by atoms with Crippen LogP contribution in [0.25, 0.3) is 0 Å². The summed E-state index contributed by atoms with van der Waals surface area (Å²) in [5.74, 6) is 1.23. The zero-order valence-electron chi connectivity index (χ0n) is 13.8. The Labute approximate surface area is 132 Å². The monoisotopic (exact) mass is 304 g/mol. The number of aromatic nitrogens is 2. The summed E-state index contributed by atoms with van der Waals surface area (Å²) in [5.41, 5.74) is 1.77. The van der Waals surface area contributed by atoms with Crippen molar-refractivity contribution in [2.75, 3.05) is 19.6 Å². The van der Waals surface area contributed by atoms with Crippen LogP contribution >= 0.6 is 0 Å². The number of hydrogen-bond acceptors (Lipinski definition) is 3. The molecule has 1 aliphatic heterocycles. The number of piperidine rings is 1. The van der Waals surface area contributed by atoms with Gasteiger partial charge in [-0.1, -0.05) is 20.3 Å². The van der Waals surface area contributed by atoms with Crippen molar-refractivity contribution >= 4 is 5.91 Å². The van der Waals surface area contributed by atoms with Gasteiger partial charge in [-0.15, -0.1) is 0 Å². The van der Waals surface area contributed by atoms with Crippen LogP contribution in [0.3, 0.4) is 0 Å². The van der Waals surface area contributed by atoms with E-state index in [1.54, 1.807) is 6.20 Å². The molecular formula is C17H28N4O. The molecule has 0 unspecified atom stereocenters. The highest BCUT2D eigenvalue weighted by Crippen LogP contribution is 2.40. The summed E-state index contributed by atoms with van der Waals surface area (Å²) in [6.45, 7) is 7.56. The van der Waals surface area contributed by atoms with E-state index in [1.165, 1.54) is 32.1 Å². The molecule has 0 radical (unpaired) electrons. The van der Waals surface area contributed by atoms with Gasteiger partial charge in [0.1, 0.15) is 0 Å². The van der Waals surface area contributed by atoms with Gasteiger partial charge in [0.25, 0.3) is 5.91 Å². The van der Waals surface area contributed by atoms with Gasteiger partial charge in [0.15, 0.2) is 0 Å². The van der Waals surface area contributed by atoms with Crippen molar-refractivity contribution in [2.45, 2.75) is 57.9 Å². The van der Waals surface area contributed by atoms with Gasteiger partial charge in [0, 0.05) is 25.0 Å². The van der Waals surface area contributed by atoms with Gasteiger partial charge in [0.05, 0.1) is 17.5 Å². The number of hydrogen-bond donors (Lipinski definition) is 2. The molecule has 1 aromatic rings. The number of rotatable bonds is 6. The summed E-state index contributed by atoms with van der Waals surface area (Å²) in [5, 5.41) is 10.2. The number of nitrogens with zero attached hydrogens (tertiary/aromatic N) is 2. The van der Waals surface area contributed by atoms with Gasteiger partial charge < -0.3 is 5.32 Å². The van der Waals surface area contributed by atoms with Crippen LogP contribution in [0.4, 0.5) is 0 Å². The van der Waals surface area contributed by atoms with Crippen LogP contribution in [-0.2, 0) is 0 Å². The molecule has 1 amide bonds. The van der Waals surface area contributed by atoms with E-state index in [2.05, 4.69) is 34.3 Å². The maximum Gasteiger partial charge on any atom is 0.254 e. The molecule has 2 aliphatic rings. The largest absolute Gasteiger partial charge is 0.350 e. The molecule has 5 nitrogen and oxygen atoms in total. The van der Waals surface area contributed by atoms with Gasteiger partial charge in [-0.2, -0.15) is 5.10 Å². The molecule has 1 aromatic heterocycles.